The zero-order valence-corrected chi connectivity index (χ0v) is 11.5. The van der Waals surface area contributed by atoms with Crippen LogP contribution >= 0.6 is 0 Å². The van der Waals surface area contributed by atoms with E-state index in [4.69, 9.17) is 0 Å². The molecule has 1 fully saturated rings. The van der Waals surface area contributed by atoms with Crippen LogP contribution in [0.15, 0.2) is 53.7 Å². The number of hydrazone groups is 1. The average Bonchev–Trinajstić information content (AvgIpc) is 2.88. The van der Waals surface area contributed by atoms with Crippen LogP contribution < -0.4 is 5.43 Å². The Bertz CT molecular complexity index is 778. The molecule has 1 aromatic carbocycles. The normalized spacial score (nSPS) is 24.9. The summed E-state index contributed by atoms with van der Waals surface area (Å²) in [5, 5.41) is 5.29. The molecule has 2 aliphatic rings. The van der Waals surface area contributed by atoms with Crippen molar-refractivity contribution in [2.45, 2.75) is 12.8 Å². The molecule has 0 spiro atoms. The number of pyridine rings is 1. The molecule has 1 aromatic heterocycles. The van der Waals surface area contributed by atoms with E-state index in [1.165, 1.54) is 0 Å². The number of nitrogens with one attached hydrogen (secondary N) is 1. The van der Waals surface area contributed by atoms with Gasteiger partial charge in [-0.25, -0.2) is 10.4 Å². The van der Waals surface area contributed by atoms with Crippen LogP contribution in [-0.4, -0.2) is 16.6 Å². The molecule has 4 nitrogen and oxygen atoms in total. The van der Waals surface area contributed by atoms with Crippen molar-refractivity contribution in [3.63, 3.8) is 0 Å². The Morgan fingerprint density at radius 2 is 2.14 bits per heavy atom. The van der Waals surface area contributed by atoms with Gasteiger partial charge in [0.25, 0.3) is 5.91 Å². The number of allylic oxidation sites excluding steroid dienone is 2. The maximum Gasteiger partial charge on any atom is 0.289 e. The average molecular weight is 277 g/mol. The lowest BCUT2D eigenvalue weighted by atomic mass is 9.74. The molecule has 1 amide bonds. The lowest BCUT2D eigenvalue weighted by Crippen LogP contribution is -2.35. The zero-order valence-electron chi connectivity index (χ0n) is 11.5. The Morgan fingerprint density at radius 1 is 1.24 bits per heavy atom. The molecule has 4 heteroatoms. The molecule has 0 saturated heterocycles. The Hall–Kier alpha value is -2.49. The number of hydrogen-bond donors (Lipinski definition) is 1. The van der Waals surface area contributed by atoms with Crippen LogP contribution in [-0.2, 0) is 0 Å². The monoisotopic (exact) mass is 277 g/mol. The summed E-state index contributed by atoms with van der Waals surface area (Å²) in [7, 11) is 0. The molecule has 104 valence electrons. The Balaban J connectivity index is 1.50. The molecule has 21 heavy (non-hydrogen) atoms. The van der Waals surface area contributed by atoms with Crippen molar-refractivity contribution in [2.24, 2.45) is 16.9 Å². The molecule has 1 N–H and O–H groups in total. The number of carbonyl (C=O) groups excluding carboxylic acids is 1. The summed E-state index contributed by atoms with van der Waals surface area (Å²) < 4.78 is 0. The summed E-state index contributed by atoms with van der Waals surface area (Å²) in [5.74, 6) is 0.900. The predicted octanol–water partition coefficient (Wildman–Crippen LogP) is 2.92. The van der Waals surface area contributed by atoms with Crippen molar-refractivity contribution in [1.82, 2.24) is 10.4 Å². The molecular weight excluding hydrogens is 262 g/mol. The lowest BCUT2D eigenvalue weighted by Gasteiger charge is -2.31. The molecule has 4 rings (SSSR count). The number of para-hydroxylation sites is 1. The number of rotatable bonds is 2. The molecule has 2 unspecified atom stereocenters. The van der Waals surface area contributed by atoms with E-state index in [0.29, 0.717) is 17.5 Å². The SMILES string of the molecule is O=C(N/N=C1\CC2C=CCC12)c1ccc2ccccc2n1. The van der Waals surface area contributed by atoms with Gasteiger partial charge in [0.1, 0.15) is 5.69 Å². The minimum absolute atomic E-state index is 0.248. The number of aromatic nitrogens is 1. The van der Waals surface area contributed by atoms with Crippen molar-refractivity contribution in [2.75, 3.05) is 0 Å². The summed E-state index contributed by atoms with van der Waals surface area (Å²) >= 11 is 0. The van der Waals surface area contributed by atoms with Gasteiger partial charge in [-0.15, -0.1) is 0 Å². The van der Waals surface area contributed by atoms with Gasteiger partial charge < -0.3 is 0 Å². The number of hydrogen-bond acceptors (Lipinski definition) is 3. The minimum atomic E-state index is -0.248. The molecule has 2 atom stereocenters. The van der Waals surface area contributed by atoms with E-state index in [1.54, 1.807) is 6.07 Å². The van der Waals surface area contributed by atoms with Gasteiger partial charge >= 0.3 is 0 Å². The van der Waals surface area contributed by atoms with Gasteiger partial charge in [-0.05, 0) is 30.9 Å². The number of benzene rings is 1. The third-order valence-electron chi connectivity index (χ3n) is 4.30. The van der Waals surface area contributed by atoms with Crippen LogP contribution in [0.25, 0.3) is 10.9 Å². The summed E-state index contributed by atoms with van der Waals surface area (Å²) in [6.45, 7) is 0. The largest absolute Gasteiger partial charge is 0.289 e. The van der Waals surface area contributed by atoms with E-state index in [1.807, 2.05) is 30.3 Å². The van der Waals surface area contributed by atoms with Crippen molar-refractivity contribution >= 4 is 22.5 Å². The maximum absolute atomic E-state index is 12.1. The van der Waals surface area contributed by atoms with E-state index < -0.39 is 0 Å². The van der Waals surface area contributed by atoms with E-state index in [2.05, 4.69) is 27.7 Å². The minimum Gasteiger partial charge on any atom is -0.266 e. The van der Waals surface area contributed by atoms with Crippen LogP contribution in [0.5, 0.6) is 0 Å². The molecule has 2 aromatic rings. The zero-order chi connectivity index (χ0) is 14.2. The van der Waals surface area contributed by atoms with Gasteiger partial charge in [0, 0.05) is 17.0 Å². The summed E-state index contributed by atoms with van der Waals surface area (Å²) in [4.78, 5) is 16.5. The van der Waals surface area contributed by atoms with Gasteiger partial charge in [-0.2, -0.15) is 5.10 Å². The number of nitrogens with zero attached hydrogens (tertiary/aromatic N) is 2. The molecule has 1 saturated carbocycles. The van der Waals surface area contributed by atoms with E-state index >= 15 is 0 Å². The molecular formula is C17H15N3O. The second kappa shape index (κ2) is 4.81. The first-order valence-corrected chi connectivity index (χ1v) is 7.20. The van der Waals surface area contributed by atoms with Crippen LogP contribution in [0.2, 0.25) is 0 Å². The fraction of sp³-hybridized carbons (Fsp3) is 0.235. The fourth-order valence-corrected chi connectivity index (χ4v) is 3.04. The van der Waals surface area contributed by atoms with Crippen molar-refractivity contribution in [3.05, 3.63) is 54.2 Å². The van der Waals surface area contributed by atoms with Gasteiger partial charge in [-0.3, -0.25) is 4.79 Å². The maximum atomic E-state index is 12.1. The molecule has 0 aliphatic heterocycles. The topological polar surface area (TPSA) is 54.4 Å². The van der Waals surface area contributed by atoms with Crippen LogP contribution in [0, 0.1) is 11.8 Å². The number of fused-ring (bicyclic) bond motifs is 2. The first kappa shape index (κ1) is 12.3. The highest BCUT2D eigenvalue weighted by Crippen LogP contribution is 2.40. The third-order valence-corrected chi connectivity index (χ3v) is 4.30. The van der Waals surface area contributed by atoms with E-state index in [-0.39, 0.29) is 5.91 Å². The Labute approximate surface area is 122 Å². The van der Waals surface area contributed by atoms with E-state index in [9.17, 15) is 4.79 Å². The van der Waals surface area contributed by atoms with Gasteiger partial charge in [0.15, 0.2) is 0 Å². The smallest absolute Gasteiger partial charge is 0.266 e. The van der Waals surface area contributed by atoms with Crippen LogP contribution in [0.3, 0.4) is 0 Å². The van der Waals surface area contributed by atoms with Crippen molar-refractivity contribution in [3.8, 4) is 0 Å². The second-order valence-electron chi connectivity index (χ2n) is 5.57. The standard InChI is InChI=1S/C17H15N3O/c21-17(20-19-16-10-12-5-3-6-13(12)16)15-9-8-11-4-1-2-7-14(11)18-15/h1-5,7-9,12-13H,6,10H2,(H,20,21)/b19-16+. The molecule has 1 heterocycles. The Kier molecular flexibility index (Phi) is 2.81. The first-order valence-electron chi connectivity index (χ1n) is 7.20. The third kappa shape index (κ3) is 2.13. The van der Waals surface area contributed by atoms with Crippen LogP contribution in [0.1, 0.15) is 23.3 Å². The summed E-state index contributed by atoms with van der Waals surface area (Å²) in [5.41, 5.74) is 4.96. The predicted molar refractivity (Wildman–Crippen MR) is 82.0 cm³/mol. The molecule has 2 aliphatic carbocycles. The van der Waals surface area contributed by atoms with Gasteiger partial charge in [0.05, 0.1) is 5.52 Å². The summed E-state index contributed by atoms with van der Waals surface area (Å²) in [6, 6.07) is 11.4. The Morgan fingerprint density at radius 3 is 3.05 bits per heavy atom. The highest BCUT2D eigenvalue weighted by molar-refractivity contribution is 5.98. The lowest BCUT2D eigenvalue weighted by molar-refractivity contribution is 0.0949. The number of amides is 1. The first-order chi connectivity index (χ1) is 10.3. The van der Waals surface area contributed by atoms with Crippen molar-refractivity contribution in [1.29, 1.82) is 0 Å². The van der Waals surface area contributed by atoms with E-state index in [0.717, 1.165) is 29.5 Å². The second-order valence-corrected chi connectivity index (χ2v) is 5.57. The van der Waals surface area contributed by atoms with Crippen molar-refractivity contribution < 1.29 is 4.79 Å². The highest BCUT2D eigenvalue weighted by Gasteiger charge is 2.38. The molecule has 0 bridgehead atoms. The quantitative estimate of drug-likeness (QED) is 0.678. The van der Waals surface area contributed by atoms with Gasteiger partial charge in [-0.1, -0.05) is 36.4 Å². The highest BCUT2D eigenvalue weighted by atomic mass is 16.2. The fourth-order valence-electron chi connectivity index (χ4n) is 3.04. The summed E-state index contributed by atoms with van der Waals surface area (Å²) in [6.07, 6.45) is 6.46. The molecule has 0 radical (unpaired) electrons. The number of carbonyl (C=O) groups is 1. The van der Waals surface area contributed by atoms with Gasteiger partial charge in [0.2, 0.25) is 0 Å². The van der Waals surface area contributed by atoms with Crippen LogP contribution in [0.4, 0.5) is 0 Å².